The van der Waals surface area contributed by atoms with Crippen LogP contribution in [0.1, 0.15) is 24.8 Å². The van der Waals surface area contributed by atoms with E-state index in [0.29, 0.717) is 13.0 Å². The second kappa shape index (κ2) is 8.37. The molecule has 1 aromatic heterocycles. The Bertz CT molecular complexity index is 1390. The van der Waals surface area contributed by atoms with Gasteiger partial charge in [-0.05, 0) is 55.2 Å². The number of primary sulfonamides is 1. The van der Waals surface area contributed by atoms with Crippen LogP contribution in [-0.2, 0) is 30.8 Å². The van der Waals surface area contributed by atoms with Gasteiger partial charge in [-0.3, -0.25) is 14.4 Å². The maximum Gasteiger partial charge on any atom is 0.257 e. The van der Waals surface area contributed by atoms with Crippen molar-refractivity contribution >= 4 is 44.3 Å². The summed E-state index contributed by atoms with van der Waals surface area (Å²) >= 11 is 0. The van der Waals surface area contributed by atoms with Crippen LogP contribution < -0.4 is 10.0 Å². The van der Waals surface area contributed by atoms with Crippen LogP contribution in [0.15, 0.2) is 59.6 Å². The Morgan fingerprint density at radius 3 is 2.47 bits per heavy atom. The summed E-state index contributed by atoms with van der Waals surface area (Å²) in [6, 6.07) is 12.2. The minimum Gasteiger partial charge on any atom is -0.361 e. The van der Waals surface area contributed by atoms with Crippen LogP contribution >= 0.6 is 0 Å². The molecule has 0 bridgehead atoms. The van der Waals surface area contributed by atoms with Crippen molar-refractivity contribution in [2.75, 3.05) is 11.4 Å². The molecular formula is C24H24N4O5S. The first-order chi connectivity index (χ1) is 16.2. The lowest BCUT2D eigenvalue weighted by Gasteiger charge is -2.28. The van der Waals surface area contributed by atoms with Crippen LogP contribution in [0, 0.1) is 5.92 Å². The van der Waals surface area contributed by atoms with Crippen LogP contribution in [-0.4, -0.2) is 48.6 Å². The quantitative estimate of drug-likeness (QED) is 0.499. The van der Waals surface area contributed by atoms with Gasteiger partial charge < -0.3 is 9.88 Å². The molecule has 5 rings (SSSR count). The largest absolute Gasteiger partial charge is 0.361 e. The van der Waals surface area contributed by atoms with Crippen molar-refractivity contribution in [3.63, 3.8) is 0 Å². The van der Waals surface area contributed by atoms with Gasteiger partial charge in [-0.25, -0.2) is 18.5 Å². The molecule has 176 valence electrons. The summed E-state index contributed by atoms with van der Waals surface area (Å²) in [4.78, 5) is 44.9. The van der Waals surface area contributed by atoms with Gasteiger partial charge in [0.05, 0.1) is 17.0 Å². The molecule has 0 radical (unpaired) electrons. The molecule has 34 heavy (non-hydrogen) atoms. The van der Waals surface area contributed by atoms with Crippen LogP contribution in [0.3, 0.4) is 0 Å². The zero-order valence-electron chi connectivity index (χ0n) is 18.3. The molecule has 2 heterocycles. The fourth-order valence-electron chi connectivity index (χ4n) is 4.48. The number of para-hydroxylation sites is 1. The van der Waals surface area contributed by atoms with Crippen molar-refractivity contribution in [3.8, 4) is 0 Å². The fourth-order valence-corrected chi connectivity index (χ4v) is 4.99. The molecule has 2 fully saturated rings. The van der Waals surface area contributed by atoms with Gasteiger partial charge in [0.25, 0.3) is 5.91 Å². The van der Waals surface area contributed by atoms with Crippen molar-refractivity contribution in [1.29, 1.82) is 0 Å². The number of hydrogen-bond donors (Lipinski definition) is 2. The number of carbonyl (C=O) groups is 3. The molecule has 1 aliphatic carbocycles. The number of fused-ring (bicyclic) bond motifs is 1. The topological polar surface area (TPSA) is 134 Å². The average Bonchev–Trinajstić information content (AvgIpc) is 3.52. The molecule has 1 saturated carbocycles. The summed E-state index contributed by atoms with van der Waals surface area (Å²) in [5.41, 5.74) is 2.29. The van der Waals surface area contributed by atoms with E-state index in [1.807, 2.05) is 30.5 Å². The maximum absolute atomic E-state index is 13.3. The van der Waals surface area contributed by atoms with Crippen molar-refractivity contribution < 1.29 is 22.8 Å². The smallest absolute Gasteiger partial charge is 0.257 e. The predicted molar refractivity (Wildman–Crippen MR) is 125 cm³/mol. The van der Waals surface area contributed by atoms with Crippen molar-refractivity contribution in [2.45, 2.75) is 36.6 Å². The molecule has 0 spiro atoms. The van der Waals surface area contributed by atoms with Crippen LogP contribution in [0.5, 0.6) is 0 Å². The molecule has 2 aromatic carbocycles. The molecule has 2 aliphatic rings. The van der Waals surface area contributed by atoms with E-state index in [9.17, 15) is 22.8 Å². The fraction of sp³-hybridized carbons (Fsp3) is 0.292. The molecule has 10 heteroatoms. The third-order valence-electron chi connectivity index (χ3n) is 6.43. The SMILES string of the molecule is NS(=O)(=O)c1ccc(N2C(=O)CC(N(CCc3c[nH]c4ccccc34)C(=O)C3CC3)C2=O)cc1. The van der Waals surface area contributed by atoms with Gasteiger partial charge in [-0.1, -0.05) is 18.2 Å². The Kier molecular flexibility index (Phi) is 5.49. The molecule has 1 atom stereocenters. The number of benzene rings is 2. The van der Waals surface area contributed by atoms with E-state index in [2.05, 4.69) is 4.98 Å². The van der Waals surface area contributed by atoms with E-state index < -0.39 is 27.9 Å². The Morgan fingerprint density at radius 1 is 1.09 bits per heavy atom. The average molecular weight is 481 g/mol. The number of nitrogens with zero attached hydrogens (tertiary/aromatic N) is 2. The Hall–Kier alpha value is -3.50. The number of rotatable bonds is 7. The highest BCUT2D eigenvalue weighted by Gasteiger charge is 2.46. The third kappa shape index (κ3) is 4.10. The molecule has 1 aliphatic heterocycles. The zero-order chi connectivity index (χ0) is 24.0. The standard InChI is InChI=1S/C24H24N4O5S/c25-34(32,33)18-9-7-17(8-10-18)28-22(29)13-21(24(28)31)27(23(30)15-5-6-15)12-11-16-14-26-20-4-2-1-3-19(16)20/h1-4,7-10,14-15,21,26H,5-6,11-13H2,(H2,25,32,33). The highest BCUT2D eigenvalue weighted by Crippen LogP contribution is 2.34. The van der Waals surface area contributed by atoms with E-state index in [1.54, 1.807) is 4.90 Å². The van der Waals surface area contributed by atoms with Crippen molar-refractivity contribution in [2.24, 2.45) is 11.1 Å². The summed E-state index contributed by atoms with van der Waals surface area (Å²) in [5.74, 6) is -1.12. The highest BCUT2D eigenvalue weighted by molar-refractivity contribution is 7.89. The second-order valence-corrected chi connectivity index (χ2v) is 10.3. The minimum atomic E-state index is -3.90. The number of aromatic nitrogens is 1. The molecule has 1 saturated heterocycles. The summed E-state index contributed by atoms with van der Waals surface area (Å²) in [6.07, 6.45) is 3.92. The zero-order valence-corrected chi connectivity index (χ0v) is 19.1. The highest BCUT2D eigenvalue weighted by atomic mass is 32.2. The number of anilines is 1. The number of nitrogens with one attached hydrogen (secondary N) is 1. The number of carbonyl (C=O) groups excluding carboxylic acids is 3. The summed E-state index contributed by atoms with van der Waals surface area (Å²) < 4.78 is 23.0. The Morgan fingerprint density at radius 2 is 1.79 bits per heavy atom. The summed E-state index contributed by atoms with van der Waals surface area (Å²) in [7, 11) is -3.90. The number of aromatic amines is 1. The molecule has 1 unspecified atom stereocenters. The first-order valence-corrected chi connectivity index (χ1v) is 12.6. The molecule has 9 nitrogen and oxygen atoms in total. The van der Waals surface area contributed by atoms with Crippen LogP contribution in [0.4, 0.5) is 5.69 Å². The molecule has 3 aromatic rings. The maximum atomic E-state index is 13.3. The van der Waals surface area contributed by atoms with Crippen LogP contribution in [0.25, 0.3) is 10.9 Å². The van der Waals surface area contributed by atoms with E-state index in [1.165, 1.54) is 24.3 Å². The lowest BCUT2D eigenvalue weighted by molar-refractivity contribution is -0.139. The van der Waals surface area contributed by atoms with Gasteiger partial charge in [-0.2, -0.15) is 0 Å². The van der Waals surface area contributed by atoms with E-state index in [0.717, 1.165) is 34.2 Å². The Labute approximate surface area is 196 Å². The van der Waals surface area contributed by atoms with Gasteiger partial charge in [0, 0.05) is 29.6 Å². The van der Waals surface area contributed by atoms with Crippen LogP contribution in [0.2, 0.25) is 0 Å². The predicted octanol–water partition coefficient (Wildman–Crippen LogP) is 1.93. The first-order valence-electron chi connectivity index (χ1n) is 11.1. The number of imide groups is 1. The molecule has 3 N–H and O–H groups in total. The van der Waals surface area contributed by atoms with Gasteiger partial charge in [0.2, 0.25) is 21.8 Å². The second-order valence-electron chi connectivity index (χ2n) is 8.74. The third-order valence-corrected chi connectivity index (χ3v) is 7.36. The Balaban J connectivity index is 1.39. The monoisotopic (exact) mass is 480 g/mol. The number of sulfonamides is 1. The number of amides is 3. The van der Waals surface area contributed by atoms with E-state index in [4.69, 9.17) is 5.14 Å². The normalized spacial score (nSPS) is 18.6. The van der Waals surface area contributed by atoms with E-state index in [-0.39, 0.29) is 28.8 Å². The lowest BCUT2D eigenvalue weighted by Crippen LogP contribution is -2.47. The first kappa shape index (κ1) is 22.3. The lowest BCUT2D eigenvalue weighted by atomic mass is 10.1. The van der Waals surface area contributed by atoms with Gasteiger partial charge in [-0.15, -0.1) is 0 Å². The number of H-pyrrole nitrogens is 1. The molecular weight excluding hydrogens is 456 g/mol. The molecule has 3 amide bonds. The number of nitrogens with two attached hydrogens (primary N) is 1. The summed E-state index contributed by atoms with van der Waals surface area (Å²) in [5, 5.41) is 6.19. The van der Waals surface area contributed by atoms with Crippen molar-refractivity contribution in [3.05, 3.63) is 60.3 Å². The van der Waals surface area contributed by atoms with Gasteiger partial charge >= 0.3 is 0 Å². The number of hydrogen-bond acceptors (Lipinski definition) is 5. The van der Waals surface area contributed by atoms with E-state index >= 15 is 0 Å². The van der Waals surface area contributed by atoms with Gasteiger partial charge in [0.15, 0.2) is 0 Å². The summed E-state index contributed by atoms with van der Waals surface area (Å²) in [6.45, 7) is 0.319. The van der Waals surface area contributed by atoms with Crippen molar-refractivity contribution in [1.82, 2.24) is 9.88 Å². The van der Waals surface area contributed by atoms with Gasteiger partial charge in [0.1, 0.15) is 6.04 Å². The minimum absolute atomic E-state index is 0.0996.